The predicted octanol–water partition coefficient (Wildman–Crippen LogP) is 3.41. The maximum Gasteiger partial charge on any atom is 0.106 e. The van der Waals surface area contributed by atoms with Gasteiger partial charge in [0, 0.05) is 7.11 Å². The second-order valence-corrected chi connectivity index (χ2v) is 5.74. The lowest BCUT2D eigenvalue weighted by Gasteiger charge is -2.31. The smallest absolute Gasteiger partial charge is 0.106 e. The minimum atomic E-state index is -0.459. The average molecular weight is 246 g/mol. The van der Waals surface area contributed by atoms with E-state index in [1.165, 1.54) is 37.7 Å². The number of rotatable bonds is 5. The van der Waals surface area contributed by atoms with Crippen LogP contribution in [0.2, 0.25) is 0 Å². The van der Waals surface area contributed by atoms with E-state index in [0.717, 1.165) is 5.56 Å². The number of hydrogen-bond donors (Lipinski definition) is 1. The van der Waals surface area contributed by atoms with E-state index >= 15 is 0 Å². The lowest BCUT2D eigenvalue weighted by atomic mass is 9.77. The van der Waals surface area contributed by atoms with Crippen molar-refractivity contribution < 1.29 is 9.84 Å². The molecule has 0 aromatic heterocycles. The van der Waals surface area contributed by atoms with Crippen LogP contribution in [0.5, 0.6) is 0 Å². The van der Waals surface area contributed by atoms with Crippen molar-refractivity contribution in [2.75, 3.05) is 7.11 Å². The van der Waals surface area contributed by atoms with E-state index in [2.05, 4.69) is 18.2 Å². The van der Waals surface area contributed by atoms with Crippen LogP contribution in [0.1, 0.15) is 55.3 Å². The molecule has 0 amide bonds. The summed E-state index contributed by atoms with van der Waals surface area (Å²) in [5, 5.41) is 10.6. The Balaban J connectivity index is 1.85. The van der Waals surface area contributed by atoms with Crippen LogP contribution in [-0.4, -0.2) is 18.3 Å². The third-order valence-corrected chi connectivity index (χ3v) is 4.53. The van der Waals surface area contributed by atoms with Gasteiger partial charge in [0.1, 0.15) is 6.10 Å². The summed E-state index contributed by atoms with van der Waals surface area (Å²) in [6, 6.07) is 8.37. The van der Waals surface area contributed by atoms with Gasteiger partial charge in [0.15, 0.2) is 0 Å². The molecule has 98 valence electrons. The van der Waals surface area contributed by atoms with Gasteiger partial charge in [-0.05, 0) is 48.6 Å². The average Bonchev–Trinajstić information content (AvgIpc) is 3.13. The molecule has 2 fully saturated rings. The first-order chi connectivity index (χ1) is 8.81. The van der Waals surface area contributed by atoms with Gasteiger partial charge in [-0.3, -0.25) is 0 Å². The standard InChI is InChI=1S/C16H22O2/c1-18-16(12-9-10-12)15(17)14-8-3-2-7-13(14)11-5-4-6-11/h2-3,7-8,11-12,15-17H,4-6,9-10H2,1H3. The van der Waals surface area contributed by atoms with Crippen LogP contribution in [0.3, 0.4) is 0 Å². The normalized spacial score (nSPS) is 23.4. The van der Waals surface area contributed by atoms with Gasteiger partial charge >= 0.3 is 0 Å². The largest absolute Gasteiger partial charge is 0.386 e. The van der Waals surface area contributed by atoms with E-state index in [4.69, 9.17) is 4.74 Å². The van der Waals surface area contributed by atoms with E-state index in [9.17, 15) is 5.11 Å². The van der Waals surface area contributed by atoms with Crippen LogP contribution in [0.4, 0.5) is 0 Å². The maximum atomic E-state index is 10.6. The molecule has 0 saturated heterocycles. The summed E-state index contributed by atoms with van der Waals surface area (Å²) in [5.74, 6) is 1.21. The summed E-state index contributed by atoms with van der Waals surface area (Å²) in [5.41, 5.74) is 2.44. The van der Waals surface area contributed by atoms with Gasteiger partial charge in [-0.15, -0.1) is 0 Å². The maximum absolute atomic E-state index is 10.6. The lowest BCUT2D eigenvalue weighted by molar-refractivity contribution is -0.0266. The molecule has 0 bridgehead atoms. The van der Waals surface area contributed by atoms with Crippen LogP contribution >= 0.6 is 0 Å². The van der Waals surface area contributed by atoms with Gasteiger partial charge in [0.2, 0.25) is 0 Å². The lowest BCUT2D eigenvalue weighted by Crippen LogP contribution is -2.25. The van der Waals surface area contributed by atoms with E-state index in [0.29, 0.717) is 11.8 Å². The summed E-state index contributed by atoms with van der Waals surface area (Å²) < 4.78 is 5.53. The Morgan fingerprint density at radius 3 is 2.44 bits per heavy atom. The highest BCUT2D eigenvalue weighted by Crippen LogP contribution is 2.44. The second kappa shape index (κ2) is 5.02. The van der Waals surface area contributed by atoms with Gasteiger partial charge in [-0.25, -0.2) is 0 Å². The number of ether oxygens (including phenoxy) is 1. The molecule has 0 spiro atoms. The Kier molecular flexibility index (Phi) is 3.40. The van der Waals surface area contributed by atoms with Crippen LogP contribution in [-0.2, 0) is 4.74 Å². The number of aliphatic hydroxyl groups is 1. The van der Waals surface area contributed by atoms with Crippen LogP contribution in [0.25, 0.3) is 0 Å². The second-order valence-electron chi connectivity index (χ2n) is 5.74. The van der Waals surface area contributed by atoms with Crippen LogP contribution in [0.15, 0.2) is 24.3 Å². The van der Waals surface area contributed by atoms with Crippen molar-refractivity contribution >= 4 is 0 Å². The topological polar surface area (TPSA) is 29.5 Å². The van der Waals surface area contributed by atoms with Crippen LogP contribution in [0, 0.1) is 5.92 Å². The SMILES string of the molecule is COC(C1CC1)C(O)c1ccccc1C1CCC1. The first kappa shape index (κ1) is 12.2. The molecule has 1 aromatic carbocycles. The van der Waals surface area contributed by atoms with Crippen molar-refractivity contribution in [3.05, 3.63) is 35.4 Å². The van der Waals surface area contributed by atoms with E-state index in [-0.39, 0.29) is 6.10 Å². The molecule has 1 N–H and O–H groups in total. The summed E-state index contributed by atoms with van der Waals surface area (Å²) >= 11 is 0. The molecule has 2 nitrogen and oxygen atoms in total. The van der Waals surface area contributed by atoms with E-state index in [1.54, 1.807) is 7.11 Å². The zero-order valence-electron chi connectivity index (χ0n) is 11.0. The third-order valence-electron chi connectivity index (χ3n) is 4.53. The molecule has 2 heteroatoms. The zero-order chi connectivity index (χ0) is 12.5. The Labute approximate surface area is 109 Å². The highest BCUT2D eigenvalue weighted by atomic mass is 16.5. The van der Waals surface area contributed by atoms with Crippen molar-refractivity contribution in [1.29, 1.82) is 0 Å². The number of hydrogen-bond acceptors (Lipinski definition) is 2. The van der Waals surface area contributed by atoms with Gasteiger partial charge in [0.05, 0.1) is 6.10 Å². The Bertz CT molecular complexity index is 407. The summed E-state index contributed by atoms with van der Waals surface area (Å²) in [4.78, 5) is 0. The molecule has 2 unspecified atom stereocenters. The molecule has 3 rings (SSSR count). The van der Waals surface area contributed by atoms with Gasteiger partial charge in [-0.1, -0.05) is 30.7 Å². The predicted molar refractivity (Wildman–Crippen MR) is 71.5 cm³/mol. The molecule has 0 aliphatic heterocycles. The molecule has 2 aliphatic carbocycles. The minimum Gasteiger partial charge on any atom is -0.386 e. The Hall–Kier alpha value is -0.860. The molecule has 2 atom stereocenters. The van der Waals surface area contributed by atoms with Gasteiger partial charge < -0.3 is 9.84 Å². The van der Waals surface area contributed by atoms with Gasteiger partial charge in [-0.2, -0.15) is 0 Å². The van der Waals surface area contributed by atoms with E-state index in [1.807, 2.05) is 6.07 Å². The molecule has 0 radical (unpaired) electrons. The number of benzene rings is 1. The first-order valence-electron chi connectivity index (χ1n) is 7.11. The fraction of sp³-hybridized carbons (Fsp3) is 0.625. The third kappa shape index (κ3) is 2.19. The Morgan fingerprint density at radius 2 is 1.89 bits per heavy atom. The molecule has 18 heavy (non-hydrogen) atoms. The molecular weight excluding hydrogens is 224 g/mol. The zero-order valence-corrected chi connectivity index (χ0v) is 11.0. The summed E-state index contributed by atoms with van der Waals surface area (Å²) in [6.07, 6.45) is 5.77. The fourth-order valence-corrected chi connectivity index (χ4v) is 3.05. The van der Waals surface area contributed by atoms with Crippen molar-refractivity contribution in [3.8, 4) is 0 Å². The molecule has 2 aliphatic rings. The molecule has 2 saturated carbocycles. The van der Waals surface area contributed by atoms with Crippen molar-refractivity contribution in [1.82, 2.24) is 0 Å². The fourth-order valence-electron chi connectivity index (χ4n) is 3.05. The highest BCUT2D eigenvalue weighted by molar-refractivity contribution is 5.34. The molecular formula is C16H22O2. The summed E-state index contributed by atoms with van der Waals surface area (Å²) in [6.45, 7) is 0. The highest BCUT2D eigenvalue weighted by Gasteiger charge is 2.38. The van der Waals surface area contributed by atoms with Gasteiger partial charge in [0.25, 0.3) is 0 Å². The van der Waals surface area contributed by atoms with Crippen LogP contribution < -0.4 is 0 Å². The van der Waals surface area contributed by atoms with Crippen molar-refractivity contribution in [2.24, 2.45) is 5.92 Å². The molecule has 0 heterocycles. The van der Waals surface area contributed by atoms with Crippen molar-refractivity contribution in [2.45, 2.75) is 50.2 Å². The van der Waals surface area contributed by atoms with Crippen molar-refractivity contribution in [3.63, 3.8) is 0 Å². The molecule has 1 aromatic rings. The number of methoxy groups -OCH3 is 1. The summed E-state index contributed by atoms with van der Waals surface area (Å²) in [7, 11) is 1.72. The first-order valence-corrected chi connectivity index (χ1v) is 7.11. The quantitative estimate of drug-likeness (QED) is 0.862. The minimum absolute atomic E-state index is 0.0220. The van der Waals surface area contributed by atoms with E-state index < -0.39 is 6.10 Å². The Morgan fingerprint density at radius 1 is 1.17 bits per heavy atom. The monoisotopic (exact) mass is 246 g/mol. The number of aliphatic hydroxyl groups excluding tert-OH is 1.